The number of amides is 1. The zero-order valence-electron chi connectivity index (χ0n) is 14.7. The van der Waals surface area contributed by atoms with Crippen LogP contribution in [0.2, 0.25) is 0 Å². The Morgan fingerprint density at radius 1 is 1.33 bits per heavy atom. The van der Waals surface area contributed by atoms with Crippen LogP contribution in [0.4, 0.5) is 0 Å². The molecule has 24 heavy (non-hydrogen) atoms. The van der Waals surface area contributed by atoms with Crippen LogP contribution in [-0.2, 0) is 24.3 Å². The Morgan fingerprint density at radius 2 is 2.08 bits per heavy atom. The first kappa shape index (κ1) is 18.2. The van der Waals surface area contributed by atoms with Gasteiger partial charge in [0.15, 0.2) is 0 Å². The molecule has 0 spiro atoms. The summed E-state index contributed by atoms with van der Waals surface area (Å²) >= 11 is 0. The predicted molar refractivity (Wildman–Crippen MR) is 96.3 cm³/mol. The number of rotatable bonds is 9. The minimum absolute atomic E-state index is 0.122. The number of hydrogen-bond donors (Lipinski definition) is 2. The maximum Gasteiger partial charge on any atom is 0.240 e. The van der Waals surface area contributed by atoms with E-state index in [1.165, 1.54) is 5.56 Å². The van der Waals surface area contributed by atoms with E-state index in [4.69, 9.17) is 5.73 Å². The third-order valence-corrected chi connectivity index (χ3v) is 4.20. The number of aromatic nitrogens is 2. The third-order valence-electron chi connectivity index (χ3n) is 4.20. The zero-order chi connectivity index (χ0) is 17.4. The second-order valence-electron chi connectivity index (χ2n) is 6.48. The van der Waals surface area contributed by atoms with Gasteiger partial charge in [-0.15, -0.1) is 0 Å². The maximum absolute atomic E-state index is 12.2. The molecular weight excluding hydrogens is 300 g/mol. The summed E-state index contributed by atoms with van der Waals surface area (Å²) in [6.45, 7) is 5.10. The van der Waals surface area contributed by atoms with Crippen molar-refractivity contribution in [1.82, 2.24) is 14.9 Å². The van der Waals surface area contributed by atoms with E-state index in [-0.39, 0.29) is 5.91 Å². The molecule has 130 valence electrons. The monoisotopic (exact) mass is 328 g/mol. The van der Waals surface area contributed by atoms with E-state index < -0.39 is 5.54 Å². The van der Waals surface area contributed by atoms with E-state index in [0.717, 1.165) is 31.6 Å². The molecule has 2 aromatic rings. The number of nitrogens with one attached hydrogen (secondary N) is 1. The van der Waals surface area contributed by atoms with Gasteiger partial charge in [0, 0.05) is 18.9 Å². The fourth-order valence-electron chi connectivity index (χ4n) is 2.80. The normalized spacial score (nSPS) is 13.5. The van der Waals surface area contributed by atoms with Crippen LogP contribution >= 0.6 is 0 Å². The lowest BCUT2D eigenvalue weighted by atomic mass is 9.96. The van der Waals surface area contributed by atoms with Gasteiger partial charge >= 0.3 is 0 Å². The second kappa shape index (κ2) is 8.64. The fraction of sp³-hybridized carbons (Fsp3) is 0.474. The largest absolute Gasteiger partial charge is 0.347 e. The molecule has 1 amide bonds. The minimum Gasteiger partial charge on any atom is -0.347 e. The number of imidazole rings is 1. The molecule has 1 aromatic carbocycles. The topological polar surface area (TPSA) is 72.9 Å². The molecule has 3 N–H and O–H groups in total. The number of nitrogens with zero attached hydrogens (tertiary/aromatic N) is 2. The molecule has 0 aliphatic carbocycles. The number of hydrogen-bond acceptors (Lipinski definition) is 3. The van der Waals surface area contributed by atoms with Crippen LogP contribution in [0.25, 0.3) is 0 Å². The van der Waals surface area contributed by atoms with Gasteiger partial charge in [0.1, 0.15) is 5.82 Å². The fourth-order valence-corrected chi connectivity index (χ4v) is 2.80. The summed E-state index contributed by atoms with van der Waals surface area (Å²) in [5.74, 6) is 0.742. The van der Waals surface area contributed by atoms with Crippen LogP contribution in [0.3, 0.4) is 0 Å². The van der Waals surface area contributed by atoms with E-state index in [1.54, 1.807) is 13.1 Å². The van der Waals surface area contributed by atoms with Crippen molar-refractivity contribution in [2.45, 2.75) is 58.2 Å². The SMILES string of the molecule is CCCC(C)(N)C(=O)NCc1nccn1CCCc1ccccc1. The van der Waals surface area contributed by atoms with Crippen molar-refractivity contribution in [2.24, 2.45) is 5.73 Å². The second-order valence-corrected chi connectivity index (χ2v) is 6.48. The first-order valence-electron chi connectivity index (χ1n) is 8.64. The summed E-state index contributed by atoms with van der Waals surface area (Å²) < 4.78 is 2.09. The Balaban J connectivity index is 1.83. The smallest absolute Gasteiger partial charge is 0.240 e. The standard InChI is InChI=1S/C19H28N4O/c1-3-11-19(2,20)18(24)22-15-17-21-12-14-23(17)13-7-10-16-8-5-4-6-9-16/h4-6,8-9,12,14H,3,7,10-11,13,15,20H2,1-2H3,(H,22,24). The lowest BCUT2D eigenvalue weighted by Gasteiger charge is -2.22. The van der Waals surface area contributed by atoms with Crippen molar-refractivity contribution in [1.29, 1.82) is 0 Å². The summed E-state index contributed by atoms with van der Waals surface area (Å²) in [7, 11) is 0. The van der Waals surface area contributed by atoms with Crippen LogP contribution in [0.15, 0.2) is 42.7 Å². The van der Waals surface area contributed by atoms with Gasteiger partial charge in [0.05, 0.1) is 12.1 Å². The highest BCUT2D eigenvalue weighted by molar-refractivity contribution is 5.85. The number of carbonyl (C=O) groups excluding carboxylic acids is 1. The van der Waals surface area contributed by atoms with Gasteiger partial charge in [-0.05, 0) is 31.7 Å². The molecule has 0 aliphatic heterocycles. The molecule has 0 bridgehead atoms. The van der Waals surface area contributed by atoms with Gasteiger partial charge < -0.3 is 15.6 Å². The Labute approximate surface area is 144 Å². The Morgan fingerprint density at radius 3 is 2.79 bits per heavy atom. The average Bonchev–Trinajstić information content (AvgIpc) is 3.01. The van der Waals surface area contributed by atoms with Crippen molar-refractivity contribution < 1.29 is 4.79 Å². The number of nitrogens with two attached hydrogens (primary N) is 1. The summed E-state index contributed by atoms with van der Waals surface area (Å²) in [6.07, 6.45) is 7.35. The van der Waals surface area contributed by atoms with Gasteiger partial charge in [-0.3, -0.25) is 4.79 Å². The molecular formula is C19H28N4O. The first-order chi connectivity index (χ1) is 11.5. The van der Waals surface area contributed by atoms with Gasteiger partial charge in [-0.1, -0.05) is 43.7 Å². The highest BCUT2D eigenvalue weighted by atomic mass is 16.2. The maximum atomic E-state index is 12.2. The molecule has 0 saturated heterocycles. The summed E-state index contributed by atoms with van der Waals surface area (Å²) in [4.78, 5) is 16.5. The highest BCUT2D eigenvalue weighted by Crippen LogP contribution is 2.09. The zero-order valence-corrected chi connectivity index (χ0v) is 14.7. The van der Waals surface area contributed by atoms with Crippen molar-refractivity contribution >= 4 is 5.91 Å². The summed E-state index contributed by atoms with van der Waals surface area (Å²) in [5, 5.41) is 2.91. The molecule has 2 rings (SSSR count). The van der Waals surface area contributed by atoms with Crippen LogP contribution < -0.4 is 11.1 Å². The predicted octanol–water partition coefficient (Wildman–Crippen LogP) is 2.65. The lowest BCUT2D eigenvalue weighted by Crippen LogP contribution is -2.51. The average molecular weight is 328 g/mol. The Bertz CT molecular complexity index is 634. The van der Waals surface area contributed by atoms with E-state index in [0.29, 0.717) is 13.0 Å². The molecule has 1 aromatic heterocycles. The van der Waals surface area contributed by atoms with Crippen molar-refractivity contribution in [3.8, 4) is 0 Å². The molecule has 0 aliphatic rings. The molecule has 1 unspecified atom stereocenters. The quantitative estimate of drug-likeness (QED) is 0.743. The van der Waals surface area contributed by atoms with Gasteiger partial charge in [-0.2, -0.15) is 0 Å². The van der Waals surface area contributed by atoms with Gasteiger partial charge in [0.2, 0.25) is 5.91 Å². The van der Waals surface area contributed by atoms with Gasteiger partial charge in [0.25, 0.3) is 0 Å². The van der Waals surface area contributed by atoms with Crippen LogP contribution in [-0.4, -0.2) is 21.0 Å². The minimum atomic E-state index is -0.820. The Hall–Kier alpha value is -2.14. The van der Waals surface area contributed by atoms with Crippen molar-refractivity contribution in [3.63, 3.8) is 0 Å². The molecule has 0 fully saturated rings. The number of aryl methyl sites for hydroxylation is 2. The molecule has 1 atom stereocenters. The number of carbonyl (C=O) groups is 1. The molecule has 0 saturated carbocycles. The first-order valence-corrected chi connectivity index (χ1v) is 8.64. The van der Waals surface area contributed by atoms with Crippen molar-refractivity contribution in [2.75, 3.05) is 0 Å². The summed E-state index contributed by atoms with van der Waals surface area (Å²) in [5.41, 5.74) is 6.57. The Kier molecular flexibility index (Phi) is 6.55. The lowest BCUT2D eigenvalue weighted by molar-refractivity contribution is -0.126. The molecule has 1 heterocycles. The van der Waals surface area contributed by atoms with Crippen LogP contribution in [0.1, 0.15) is 44.5 Å². The van der Waals surface area contributed by atoms with Crippen molar-refractivity contribution in [3.05, 3.63) is 54.1 Å². The third kappa shape index (κ3) is 5.20. The highest BCUT2D eigenvalue weighted by Gasteiger charge is 2.26. The van der Waals surface area contributed by atoms with Gasteiger partial charge in [-0.25, -0.2) is 4.98 Å². The molecule has 0 radical (unpaired) electrons. The molecule has 5 heteroatoms. The van der Waals surface area contributed by atoms with E-state index >= 15 is 0 Å². The van der Waals surface area contributed by atoms with E-state index in [9.17, 15) is 4.79 Å². The summed E-state index contributed by atoms with van der Waals surface area (Å²) in [6, 6.07) is 10.4. The van der Waals surface area contributed by atoms with E-state index in [2.05, 4.69) is 39.1 Å². The van der Waals surface area contributed by atoms with Crippen LogP contribution in [0, 0.1) is 0 Å². The number of benzene rings is 1. The molecule has 5 nitrogen and oxygen atoms in total. The van der Waals surface area contributed by atoms with E-state index in [1.807, 2.05) is 19.2 Å². The van der Waals surface area contributed by atoms with Crippen LogP contribution in [0.5, 0.6) is 0 Å².